The van der Waals surface area contributed by atoms with Crippen molar-refractivity contribution in [2.24, 2.45) is 0 Å². The Morgan fingerprint density at radius 3 is 2.46 bits per heavy atom. The molecule has 28 heavy (non-hydrogen) atoms. The number of benzene rings is 2. The molecule has 5 nitrogen and oxygen atoms in total. The Bertz CT molecular complexity index is 875. The summed E-state index contributed by atoms with van der Waals surface area (Å²) in [7, 11) is 0. The second-order valence-corrected chi connectivity index (χ2v) is 7.35. The first kappa shape index (κ1) is 18.4. The fourth-order valence-corrected chi connectivity index (χ4v) is 3.78. The maximum absolute atomic E-state index is 12.7. The summed E-state index contributed by atoms with van der Waals surface area (Å²) in [6.07, 6.45) is 5.75. The zero-order valence-electron chi connectivity index (χ0n) is 16.0. The van der Waals surface area contributed by atoms with Crippen molar-refractivity contribution < 1.29 is 4.79 Å². The highest BCUT2D eigenvalue weighted by Crippen LogP contribution is 2.20. The molecule has 1 aliphatic heterocycles. The molecule has 1 atom stereocenters. The molecule has 2 aromatic carbocycles. The smallest absolute Gasteiger partial charge is 0.237 e. The number of carbonyl (C=O) groups is 1. The minimum atomic E-state index is -0.0284. The number of likely N-dealkylation sites (tertiary alicyclic amines) is 1. The van der Waals surface area contributed by atoms with Crippen molar-refractivity contribution in [2.75, 3.05) is 6.54 Å². The molecule has 5 heteroatoms. The maximum atomic E-state index is 12.7. The van der Waals surface area contributed by atoms with Gasteiger partial charge in [-0.05, 0) is 42.1 Å². The average Bonchev–Trinajstić information content (AvgIpc) is 3.40. The highest BCUT2D eigenvalue weighted by atomic mass is 16.2. The fourth-order valence-electron chi connectivity index (χ4n) is 3.78. The Labute approximate surface area is 166 Å². The van der Waals surface area contributed by atoms with Gasteiger partial charge < -0.3 is 5.32 Å². The van der Waals surface area contributed by atoms with Crippen LogP contribution >= 0.6 is 0 Å². The Kier molecular flexibility index (Phi) is 5.83. The molecule has 1 aromatic heterocycles. The molecule has 0 saturated carbocycles. The van der Waals surface area contributed by atoms with Gasteiger partial charge in [0.05, 0.1) is 12.6 Å². The summed E-state index contributed by atoms with van der Waals surface area (Å²) in [5.41, 5.74) is 3.57. The van der Waals surface area contributed by atoms with Crippen LogP contribution in [-0.4, -0.2) is 33.2 Å². The second-order valence-electron chi connectivity index (χ2n) is 7.35. The lowest BCUT2D eigenvalue weighted by atomic mass is 10.1. The predicted molar refractivity (Wildman–Crippen MR) is 109 cm³/mol. The molecule has 144 valence electrons. The van der Waals surface area contributed by atoms with E-state index in [1.165, 1.54) is 11.1 Å². The number of carbonyl (C=O) groups excluding carboxylic acids is 1. The van der Waals surface area contributed by atoms with Crippen LogP contribution in [0.3, 0.4) is 0 Å². The fraction of sp³-hybridized carbons (Fsp3) is 0.304. The number of aromatic nitrogens is 2. The molecule has 4 rings (SSSR count). The number of hydrogen-bond acceptors (Lipinski definition) is 3. The van der Waals surface area contributed by atoms with E-state index < -0.39 is 0 Å². The molecule has 3 aromatic rings. The van der Waals surface area contributed by atoms with Gasteiger partial charge in [0.1, 0.15) is 0 Å². The van der Waals surface area contributed by atoms with Gasteiger partial charge in [-0.3, -0.25) is 14.4 Å². The number of amides is 1. The summed E-state index contributed by atoms with van der Waals surface area (Å²) in [6.45, 7) is 3.14. The summed E-state index contributed by atoms with van der Waals surface area (Å²) in [5.74, 6) is 0.133. The van der Waals surface area contributed by atoms with Crippen LogP contribution in [-0.2, 0) is 24.4 Å². The van der Waals surface area contributed by atoms with Gasteiger partial charge in [-0.25, -0.2) is 0 Å². The quantitative estimate of drug-likeness (QED) is 0.691. The Morgan fingerprint density at radius 1 is 0.964 bits per heavy atom. The molecule has 0 aliphatic carbocycles. The van der Waals surface area contributed by atoms with Crippen molar-refractivity contribution in [2.45, 2.75) is 38.5 Å². The lowest BCUT2D eigenvalue weighted by Gasteiger charge is -2.23. The van der Waals surface area contributed by atoms with Gasteiger partial charge in [0.15, 0.2) is 0 Å². The van der Waals surface area contributed by atoms with Crippen molar-refractivity contribution in [1.29, 1.82) is 0 Å². The highest BCUT2D eigenvalue weighted by molar-refractivity contribution is 5.82. The van der Waals surface area contributed by atoms with E-state index in [0.29, 0.717) is 6.54 Å². The summed E-state index contributed by atoms with van der Waals surface area (Å²) < 4.78 is 1.90. The van der Waals surface area contributed by atoms with E-state index in [1.807, 2.05) is 23.0 Å². The maximum Gasteiger partial charge on any atom is 0.237 e. The van der Waals surface area contributed by atoms with Crippen LogP contribution in [0.1, 0.15) is 29.5 Å². The molecule has 1 fully saturated rings. The predicted octanol–water partition coefficient (Wildman–Crippen LogP) is 3.21. The number of rotatable bonds is 7. The van der Waals surface area contributed by atoms with E-state index in [9.17, 15) is 4.79 Å². The van der Waals surface area contributed by atoms with Crippen LogP contribution in [0.25, 0.3) is 0 Å². The molecule has 1 unspecified atom stereocenters. The van der Waals surface area contributed by atoms with E-state index in [-0.39, 0.29) is 11.9 Å². The Hall–Kier alpha value is -2.92. The van der Waals surface area contributed by atoms with Crippen molar-refractivity contribution in [3.05, 3.63) is 89.7 Å². The van der Waals surface area contributed by atoms with Crippen LogP contribution in [0.2, 0.25) is 0 Å². The summed E-state index contributed by atoms with van der Waals surface area (Å²) >= 11 is 0. The van der Waals surface area contributed by atoms with E-state index in [0.717, 1.165) is 38.0 Å². The molecule has 1 aliphatic rings. The molecular weight excluding hydrogens is 348 g/mol. The van der Waals surface area contributed by atoms with Crippen molar-refractivity contribution in [1.82, 2.24) is 20.0 Å². The van der Waals surface area contributed by atoms with Crippen LogP contribution in [0.4, 0.5) is 0 Å². The third kappa shape index (κ3) is 4.67. The van der Waals surface area contributed by atoms with Gasteiger partial charge in [0.25, 0.3) is 0 Å². The molecule has 2 heterocycles. The van der Waals surface area contributed by atoms with E-state index in [1.54, 1.807) is 6.20 Å². The topological polar surface area (TPSA) is 50.2 Å². The van der Waals surface area contributed by atoms with Crippen molar-refractivity contribution in [3.63, 3.8) is 0 Å². The van der Waals surface area contributed by atoms with E-state index in [4.69, 9.17) is 0 Å². The van der Waals surface area contributed by atoms with Crippen LogP contribution in [0.5, 0.6) is 0 Å². The molecule has 1 saturated heterocycles. The number of nitrogens with one attached hydrogen (secondary N) is 1. The first-order valence-electron chi connectivity index (χ1n) is 9.89. The normalized spacial score (nSPS) is 16.9. The first-order valence-corrected chi connectivity index (χ1v) is 9.89. The largest absolute Gasteiger partial charge is 0.351 e. The average molecular weight is 374 g/mol. The Morgan fingerprint density at radius 2 is 1.71 bits per heavy atom. The highest BCUT2D eigenvalue weighted by Gasteiger charge is 2.30. The van der Waals surface area contributed by atoms with Crippen LogP contribution in [0, 0.1) is 0 Å². The van der Waals surface area contributed by atoms with Gasteiger partial charge in [0, 0.05) is 25.5 Å². The van der Waals surface area contributed by atoms with Crippen molar-refractivity contribution >= 4 is 5.91 Å². The van der Waals surface area contributed by atoms with E-state index >= 15 is 0 Å². The third-order valence-corrected chi connectivity index (χ3v) is 5.29. The first-order chi connectivity index (χ1) is 13.8. The molecular formula is C23H26N4O. The second kappa shape index (κ2) is 8.85. The summed E-state index contributed by atoms with van der Waals surface area (Å²) in [5, 5.41) is 7.35. The Balaban J connectivity index is 1.29. The SMILES string of the molecule is O=C(NCc1ccc(Cn2cccn2)cc1)C1CCCN1Cc1ccccc1. The monoisotopic (exact) mass is 374 g/mol. The van der Waals surface area contributed by atoms with Crippen molar-refractivity contribution in [3.8, 4) is 0 Å². The molecule has 1 amide bonds. The summed E-state index contributed by atoms with van der Waals surface area (Å²) in [4.78, 5) is 15.0. The number of nitrogens with zero attached hydrogens (tertiary/aromatic N) is 3. The van der Waals surface area contributed by atoms with Crippen LogP contribution in [0.15, 0.2) is 73.1 Å². The van der Waals surface area contributed by atoms with Gasteiger partial charge in [0.2, 0.25) is 5.91 Å². The standard InChI is InChI=1S/C23H26N4O/c28-23(22-8-4-14-26(22)17-20-6-2-1-3-7-20)24-16-19-9-11-21(12-10-19)18-27-15-5-13-25-27/h1-3,5-7,9-13,15,22H,4,8,14,16-18H2,(H,24,28). The molecule has 0 radical (unpaired) electrons. The van der Waals surface area contributed by atoms with Gasteiger partial charge in [-0.1, -0.05) is 54.6 Å². The van der Waals surface area contributed by atoms with Gasteiger partial charge in [-0.2, -0.15) is 5.10 Å². The zero-order chi connectivity index (χ0) is 19.2. The lowest BCUT2D eigenvalue weighted by Crippen LogP contribution is -2.42. The molecule has 0 spiro atoms. The minimum Gasteiger partial charge on any atom is -0.351 e. The molecule has 1 N–H and O–H groups in total. The lowest BCUT2D eigenvalue weighted by molar-refractivity contribution is -0.125. The zero-order valence-corrected chi connectivity index (χ0v) is 16.0. The summed E-state index contributed by atoms with van der Waals surface area (Å²) in [6, 6.07) is 20.6. The van der Waals surface area contributed by atoms with Gasteiger partial charge >= 0.3 is 0 Å². The third-order valence-electron chi connectivity index (χ3n) is 5.29. The minimum absolute atomic E-state index is 0.0284. The van der Waals surface area contributed by atoms with Gasteiger partial charge in [-0.15, -0.1) is 0 Å². The van der Waals surface area contributed by atoms with Crippen LogP contribution < -0.4 is 5.32 Å². The van der Waals surface area contributed by atoms with E-state index in [2.05, 4.69) is 63.8 Å². The number of hydrogen-bond donors (Lipinski definition) is 1. The molecule has 0 bridgehead atoms.